The normalized spacial score (nSPS) is 23.8. The second-order valence-corrected chi connectivity index (χ2v) is 11.4. The van der Waals surface area contributed by atoms with Crippen LogP contribution in [0.1, 0.15) is 102 Å². The van der Waals surface area contributed by atoms with Crippen molar-refractivity contribution >= 4 is 17.7 Å². The summed E-state index contributed by atoms with van der Waals surface area (Å²) < 4.78 is 0. The van der Waals surface area contributed by atoms with Crippen molar-refractivity contribution in [3.8, 4) is 0 Å². The molecular weight excluding hydrogens is 462 g/mol. The number of hydrogen-bond donors (Lipinski definition) is 1. The van der Waals surface area contributed by atoms with Crippen molar-refractivity contribution in [2.45, 2.75) is 88.8 Å². The number of carbonyl (C=O) groups excluding carboxylic acids is 3. The summed E-state index contributed by atoms with van der Waals surface area (Å²) in [6.45, 7) is 3.61. The molecule has 2 aromatic carbocycles. The number of nitrogens with zero attached hydrogens (tertiary/aromatic N) is 2. The summed E-state index contributed by atoms with van der Waals surface area (Å²) in [4.78, 5) is 41.0. The molecule has 0 aromatic heterocycles. The molecule has 0 radical (unpaired) electrons. The molecule has 194 valence electrons. The van der Waals surface area contributed by atoms with Crippen LogP contribution in [0.5, 0.6) is 0 Å². The lowest BCUT2D eigenvalue weighted by Gasteiger charge is -2.32. The van der Waals surface area contributed by atoms with E-state index in [2.05, 4.69) is 46.6 Å². The van der Waals surface area contributed by atoms with Gasteiger partial charge in [-0.3, -0.25) is 24.6 Å². The van der Waals surface area contributed by atoms with Gasteiger partial charge in [-0.15, -0.1) is 0 Å². The maximum Gasteiger partial charge on any atom is 0.255 e. The lowest BCUT2D eigenvalue weighted by Crippen LogP contribution is -2.52. The summed E-state index contributed by atoms with van der Waals surface area (Å²) >= 11 is 0. The largest absolute Gasteiger partial charge is 0.322 e. The van der Waals surface area contributed by atoms with Gasteiger partial charge in [0.05, 0.1) is 0 Å². The SMILES string of the molecule is O=C1CCC(N2Cc3cc(C4CCN(Cc5ccc(C6CCCCC6)cc5)CC4)ccc3C2=O)C(=O)N1. The van der Waals surface area contributed by atoms with Gasteiger partial charge < -0.3 is 4.90 Å². The Morgan fingerprint density at radius 2 is 1.49 bits per heavy atom. The number of amides is 3. The zero-order valence-corrected chi connectivity index (χ0v) is 21.6. The minimum absolute atomic E-state index is 0.0969. The molecule has 2 aromatic rings. The van der Waals surface area contributed by atoms with Gasteiger partial charge in [0, 0.05) is 25.1 Å². The monoisotopic (exact) mass is 499 g/mol. The van der Waals surface area contributed by atoms with Crippen molar-refractivity contribution in [1.82, 2.24) is 15.1 Å². The Morgan fingerprint density at radius 3 is 2.22 bits per heavy atom. The average Bonchev–Trinajstić information content (AvgIpc) is 3.25. The molecule has 4 aliphatic rings. The summed E-state index contributed by atoms with van der Waals surface area (Å²) in [7, 11) is 0. The first kappa shape index (κ1) is 24.4. The second-order valence-electron chi connectivity index (χ2n) is 11.4. The maximum absolute atomic E-state index is 13.0. The van der Waals surface area contributed by atoms with Crippen LogP contribution < -0.4 is 5.32 Å². The first-order valence-corrected chi connectivity index (χ1v) is 14.1. The third-order valence-corrected chi connectivity index (χ3v) is 9.07. The van der Waals surface area contributed by atoms with Crippen molar-refractivity contribution in [3.63, 3.8) is 0 Å². The number of piperidine rings is 2. The van der Waals surface area contributed by atoms with E-state index in [1.54, 1.807) is 4.90 Å². The lowest BCUT2D eigenvalue weighted by atomic mass is 9.84. The van der Waals surface area contributed by atoms with E-state index in [-0.39, 0.29) is 24.1 Å². The molecule has 1 aliphatic carbocycles. The molecule has 3 aliphatic heterocycles. The van der Waals surface area contributed by atoms with Gasteiger partial charge in [-0.1, -0.05) is 55.7 Å². The molecule has 3 heterocycles. The Morgan fingerprint density at radius 1 is 0.784 bits per heavy atom. The fourth-order valence-electron chi connectivity index (χ4n) is 6.86. The standard InChI is InChI=1S/C31H37N3O3/c35-29-13-12-28(30(36)32-29)34-20-26-18-25(10-11-27(26)31(34)37)24-14-16-33(17-15-24)19-21-6-8-23(9-7-21)22-4-2-1-3-5-22/h6-11,18,22,24,28H,1-5,12-17,19-20H2,(H,32,35,36). The van der Waals surface area contributed by atoms with Gasteiger partial charge in [0.2, 0.25) is 11.8 Å². The molecule has 1 atom stereocenters. The maximum atomic E-state index is 13.0. The fraction of sp³-hybridized carbons (Fsp3) is 0.516. The summed E-state index contributed by atoms with van der Waals surface area (Å²) in [6, 6.07) is 15.1. The third-order valence-electron chi connectivity index (χ3n) is 9.07. The number of nitrogens with one attached hydrogen (secondary N) is 1. The Kier molecular flexibility index (Phi) is 6.85. The Balaban J connectivity index is 1.04. The summed E-state index contributed by atoms with van der Waals surface area (Å²) in [5.41, 5.74) is 5.93. The Bertz CT molecular complexity index is 1180. The van der Waals surface area contributed by atoms with Gasteiger partial charge in [-0.2, -0.15) is 0 Å². The molecule has 3 fully saturated rings. The van der Waals surface area contributed by atoms with Crippen molar-refractivity contribution in [2.75, 3.05) is 13.1 Å². The molecule has 0 bridgehead atoms. The van der Waals surface area contributed by atoms with Gasteiger partial charge in [-0.25, -0.2) is 0 Å². The van der Waals surface area contributed by atoms with E-state index in [9.17, 15) is 14.4 Å². The molecular formula is C31H37N3O3. The second kappa shape index (κ2) is 10.4. The highest BCUT2D eigenvalue weighted by Crippen LogP contribution is 2.35. The van der Waals surface area contributed by atoms with Crippen molar-refractivity contribution in [1.29, 1.82) is 0 Å². The molecule has 1 saturated carbocycles. The van der Waals surface area contributed by atoms with E-state index >= 15 is 0 Å². The highest BCUT2D eigenvalue weighted by molar-refractivity contribution is 6.05. The zero-order valence-electron chi connectivity index (χ0n) is 21.6. The molecule has 1 unspecified atom stereocenters. The van der Waals surface area contributed by atoms with E-state index in [4.69, 9.17) is 0 Å². The first-order chi connectivity index (χ1) is 18.0. The van der Waals surface area contributed by atoms with Crippen LogP contribution in [0.3, 0.4) is 0 Å². The number of likely N-dealkylation sites (tertiary alicyclic amines) is 1. The number of fused-ring (bicyclic) bond motifs is 1. The minimum Gasteiger partial charge on any atom is -0.322 e. The van der Waals surface area contributed by atoms with Crippen LogP contribution in [-0.2, 0) is 22.7 Å². The quantitative estimate of drug-likeness (QED) is 0.596. The van der Waals surface area contributed by atoms with Gasteiger partial charge in [0.25, 0.3) is 5.91 Å². The topological polar surface area (TPSA) is 69.7 Å². The molecule has 6 nitrogen and oxygen atoms in total. The predicted octanol–water partition coefficient (Wildman–Crippen LogP) is 4.87. The molecule has 0 spiro atoms. The average molecular weight is 500 g/mol. The molecule has 6 rings (SSSR count). The highest BCUT2D eigenvalue weighted by atomic mass is 16.2. The van der Waals surface area contributed by atoms with Gasteiger partial charge in [-0.05, 0) is 85.3 Å². The van der Waals surface area contributed by atoms with Crippen LogP contribution in [0.4, 0.5) is 0 Å². The van der Waals surface area contributed by atoms with E-state index in [1.165, 1.54) is 48.8 Å². The van der Waals surface area contributed by atoms with Crippen molar-refractivity contribution in [3.05, 3.63) is 70.3 Å². The third kappa shape index (κ3) is 5.08. The molecule has 37 heavy (non-hydrogen) atoms. The minimum atomic E-state index is -0.555. The van der Waals surface area contributed by atoms with Crippen molar-refractivity contribution < 1.29 is 14.4 Å². The Hall–Kier alpha value is -2.99. The smallest absolute Gasteiger partial charge is 0.255 e. The first-order valence-electron chi connectivity index (χ1n) is 14.1. The summed E-state index contributed by atoms with van der Waals surface area (Å²) in [6.07, 6.45) is 9.75. The number of carbonyl (C=O) groups is 3. The van der Waals surface area contributed by atoms with Crippen LogP contribution in [0.15, 0.2) is 42.5 Å². The van der Waals surface area contributed by atoms with Crippen LogP contribution in [-0.4, -0.2) is 46.7 Å². The van der Waals surface area contributed by atoms with Crippen LogP contribution in [0.25, 0.3) is 0 Å². The van der Waals surface area contributed by atoms with Gasteiger partial charge in [0.1, 0.15) is 6.04 Å². The molecule has 3 amide bonds. The number of benzene rings is 2. The van der Waals surface area contributed by atoms with E-state index in [1.807, 2.05) is 6.07 Å². The van der Waals surface area contributed by atoms with Gasteiger partial charge in [0.15, 0.2) is 0 Å². The molecule has 2 saturated heterocycles. The lowest BCUT2D eigenvalue weighted by molar-refractivity contribution is -0.136. The van der Waals surface area contributed by atoms with E-state index < -0.39 is 6.04 Å². The number of imide groups is 1. The highest BCUT2D eigenvalue weighted by Gasteiger charge is 2.39. The zero-order chi connectivity index (χ0) is 25.4. The van der Waals surface area contributed by atoms with E-state index in [0.29, 0.717) is 24.4 Å². The van der Waals surface area contributed by atoms with Gasteiger partial charge >= 0.3 is 0 Å². The number of hydrogen-bond acceptors (Lipinski definition) is 4. The summed E-state index contributed by atoms with van der Waals surface area (Å²) in [5, 5.41) is 2.38. The predicted molar refractivity (Wildman–Crippen MR) is 142 cm³/mol. The molecule has 6 heteroatoms. The number of rotatable bonds is 5. The van der Waals surface area contributed by atoms with E-state index in [0.717, 1.165) is 44.0 Å². The fourth-order valence-corrected chi connectivity index (χ4v) is 6.86. The van der Waals surface area contributed by atoms with Crippen LogP contribution in [0.2, 0.25) is 0 Å². The Labute approximate surface area is 219 Å². The van der Waals surface area contributed by atoms with Crippen LogP contribution in [0, 0.1) is 0 Å². The summed E-state index contributed by atoms with van der Waals surface area (Å²) in [5.74, 6) is 0.553. The molecule has 1 N–H and O–H groups in total. The van der Waals surface area contributed by atoms with Crippen molar-refractivity contribution in [2.24, 2.45) is 0 Å². The van der Waals surface area contributed by atoms with Crippen LogP contribution >= 0.6 is 0 Å².